The maximum atomic E-state index is 13.6. The van der Waals surface area contributed by atoms with E-state index in [2.05, 4.69) is 0 Å². The van der Waals surface area contributed by atoms with Crippen LogP contribution in [0.25, 0.3) is 0 Å². The summed E-state index contributed by atoms with van der Waals surface area (Å²) in [4.78, 5) is 13.7. The minimum atomic E-state index is -0.844. The van der Waals surface area contributed by atoms with Crippen molar-refractivity contribution < 1.29 is 18.3 Å². The number of hydrogen-bond acceptors (Lipinski definition) is 3. The number of ketones is 1. The fraction of sp³-hybridized carbons (Fsp3) is 0.188. The largest absolute Gasteiger partial charge is 0.497 e. The number of benzene rings is 2. The molecule has 0 saturated heterocycles. The number of carbonyl (C=O) groups is 1. The average Bonchev–Trinajstić information content (AvgIpc) is 2.47. The van der Waals surface area contributed by atoms with Gasteiger partial charge in [0.1, 0.15) is 17.4 Å². The van der Waals surface area contributed by atoms with Crippen molar-refractivity contribution in [2.24, 2.45) is 0 Å². The number of halogens is 2. The summed E-state index contributed by atoms with van der Waals surface area (Å²) in [7, 11) is 3.24. The van der Waals surface area contributed by atoms with Gasteiger partial charge in [-0.2, -0.15) is 0 Å². The molecule has 0 aliphatic heterocycles. The topological polar surface area (TPSA) is 29.5 Å². The molecular weight excluding hydrogens is 276 g/mol. The molecule has 0 aromatic heterocycles. The molecule has 5 heteroatoms. The van der Waals surface area contributed by atoms with Crippen LogP contribution < -0.4 is 9.64 Å². The average molecular weight is 291 g/mol. The third-order valence-corrected chi connectivity index (χ3v) is 3.14. The highest BCUT2D eigenvalue weighted by Crippen LogP contribution is 2.19. The number of Topliss-reactive ketones (excluding diaryl/α,β-unsaturated/α-hetero) is 1. The van der Waals surface area contributed by atoms with Crippen molar-refractivity contribution >= 4 is 11.5 Å². The highest BCUT2D eigenvalue weighted by molar-refractivity contribution is 5.99. The monoisotopic (exact) mass is 291 g/mol. The van der Waals surface area contributed by atoms with Crippen molar-refractivity contribution in [2.75, 3.05) is 25.6 Å². The third kappa shape index (κ3) is 3.37. The van der Waals surface area contributed by atoms with Gasteiger partial charge in [-0.3, -0.25) is 4.79 Å². The Balaban J connectivity index is 2.15. The highest BCUT2D eigenvalue weighted by atomic mass is 19.1. The van der Waals surface area contributed by atoms with Crippen LogP contribution in [0.15, 0.2) is 42.5 Å². The van der Waals surface area contributed by atoms with Gasteiger partial charge in [-0.1, -0.05) is 6.07 Å². The van der Waals surface area contributed by atoms with Crippen LogP contribution in [0, 0.1) is 11.6 Å². The molecule has 0 spiro atoms. The predicted octanol–water partition coefficient (Wildman–Crippen LogP) is 3.29. The molecule has 0 aliphatic carbocycles. The Hall–Kier alpha value is -2.43. The molecule has 2 rings (SSSR count). The first kappa shape index (κ1) is 15.0. The summed E-state index contributed by atoms with van der Waals surface area (Å²) in [6.45, 7) is -0.121. The normalized spacial score (nSPS) is 10.3. The molecule has 21 heavy (non-hydrogen) atoms. The lowest BCUT2D eigenvalue weighted by Crippen LogP contribution is -2.26. The highest BCUT2D eigenvalue weighted by Gasteiger charge is 2.18. The Bertz CT molecular complexity index is 621. The molecule has 0 atom stereocenters. The lowest BCUT2D eigenvalue weighted by Gasteiger charge is -2.19. The zero-order chi connectivity index (χ0) is 15.4. The van der Waals surface area contributed by atoms with Crippen LogP contribution in [0.4, 0.5) is 14.5 Å². The van der Waals surface area contributed by atoms with E-state index in [0.29, 0.717) is 5.75 Å². The quantitative estimate of drug-likeness (QED) is 0.792. The maximum Gasteiger partial charge on any atom is 0.187 e. The van der Waals surface area contributed by atoms with Gasteiger partial charge in [0.25, 0.3) is 0 Å². The van der Waals surface area contributed by atoms with Crippen LogP contribution in [-0.2, 0) is 0 Å². The number of hydrogen-bond donors (Lipinski definition) is 0. The number of methoxy groups -OCH3 is 1. The number of anilines is 1. The van der Waals surface area contributed by atoms with Gasteiger partial charge >= 0.3 is 0 Å². The van der Waals surface area contributed by atoms with Crippen molar-refractivity contribution in [1.82, 2.24) is 0 Å². The molecule has 2 aromatic carbocycles. The lowest BCUT2D eigenvalue weighted by atomic mass is 10.1. The summed E-state index contributed by atoms with van der Waals surface area (Å²) >= 11 is 0. The predicted molar refractivity (Wildman–Crippen MR) is 77.0 cm³/mol. The van der Waals surface area contributed by atoms with E-state index in [1.165, 1.54) is 6.07 Å². The molecule has 0 fully saturated rings. The van der Waals surface area contributed by atoms with Crippen LogP contribution in [0.1, 0.15) is 10.4 Å². The second kappa shape index (κ2) is 6.35. The van der Waals surface area contributed by atoms with Gasteiger partial charge in [0.05, 0.1) is 19.2 Å². The minimum absolute atomic E-state index is 0.121. The molecule has 3 nitrogen and oxygen atoms in total. The summed E-state index contributed by atoms with van der Waals surface area (Å²) in [5.41, 5.74) is 0.249. The van der Waals surface area contributed by atoms with Crippen LogP contribution in [0.3, 0.4) is 0 Å². The van der Waals surface area contributed by atoms with E-state index in [1.807, 2.05) is 0 Å². The number of nitrogens with zero attached hydrogens (tertiary/aromatic N) is 1. The third-order valence-electron chi connectivity index (χ3n) is 3.14. The molecule has 0 N–H and O–H groups in total. The fourth-order valence-corrected chi connectivity index (χ4v) is 1.99. The van der Waals surface area contributed by atoms with Crippen LogP contribution in [0.5, 0.6) is 5.75 Å². The summed E-state index contributed by atoms with van der Waals surface area (Å²) in [6, 6.07) is 10.4. The zero-order valence-corrected chi connectivity index (χ0v) is 11.8. The molecule has 0 bridgehead atoms. The molecule has 0 radical (unpaired) electrons. The van der Waals surface area contributed by atoms with Gasteiger partial charge in [0.2, 0.25) is 0 Å². The van der Waals surface area contributed by atoms with Crippen molar-refractivity contribution in [3.8, 4) is 5.75 Å². The van der Waals surface area contributed by atoms with E-state index < -0.39 is 23.0 Å². The van der Waals surface area contributed by atoms with Crippen molar-refractivity contribution in [3.05, 3.63) is 59.7 Å². The van der Waals surface area contributed by atoms with Gasteiger partial charge in [-0.15, -0.1) is 0 Å². The second-order valence-electron chi connectivity index (χ2n) is 4.57. The minimum Gasteiger partial charge on any atom is -0.497 e. The molecule has 0 aliphatic rings. The van der Waals surface area contributed by atoms with E-state index >= 15 is 0 Å². The van der Waals surface area contributed by atoms with Crippen molar-refractivity contribution in [2.45, 2.75) is 0 Å². The van der Waals surface area contributed by atoms with Gasteiger partial charge in [-0.25, -0.2) is 8.78 Å². The van der Waals surface area contributed by atoms with E-state index in [9.17, 15) is 13.6 Å². The molecule has 0 heterocycles. The number of carbonyl (C=O) groups excluding carboxylic acids is 1. The Labute approximate surface area is 121 Å². The Kier molecular flexibility index (Phi) is 4.52. The van der Waals surface area contributed by atoms with Crippen LogP contribution in [0.2, 0.25) is 0 Å². The second-order valence-corrected chi connectivity index (χ2v) is 4.57. The SMILES string of the molecule is COc1ccc(N(C)CC(=O)c2c(F)cccc2F)cc1. The summed E-state index contributed by atoms with van der Waals surface area (Å²) < 4.78 is 32.2. The summed E-state index contributed by atoms with van der Waals surface area (Å²) in [5.74, 6) is -1.60. The van der Waals surface area contributed by atoms with Gasteiger partial charge in [0, 0.05) is 12.7 Å². The van der Waals surface area contributed by atoms with E-state index in [4.69, 9.17) is 4.74 Å². The molecule has 0 unspecified atom stereocenters. The van der Waals surface area contributed by atoms with Gasteiger partial charge < -0.3 is 9.64 Å². The standard InChI is InChI=1S/C16H15F2NO2/c1-19(11-6-8-12(21-2)9-7-11)10-15(20)16-13(17)4-3-5-14(16)18/h3-9H,10H2,1-2H3. The summed E-state index contributed by atoms with van der Waals surface area (Å²) in [6.07, 6.45) is 0. The van der Waals surface area contributed by atoms with Gasteiger partial charge in [0.15, 0.2) is 5.78 Å². The van der Waals surface area contributed by atoms with Gasteiger partial charge in [-0.05, 0) is 36.4 Å². The molecule has 0 saturated carbocycles. The molecular formula is C16H15F2NO2. The smallest absolute Gasteiger partial charge is 0.187 e. The number of likely N-dealkylation sites (N-methyl/N-ethyl adjacent to an activating group) is 1. The van der Waals surface area contributed by atoms with Crippen LogP contribution >= 0.6 is 0 Å². The molecule has 0 amide bonds. The van der Waals surface area contributed by atoms with Crippen molar-refractivity contribution in [1.29, 1.82) is 0 Å². The maximum absolute atomic E-state index is 13.6. The number of rotatable bonds is 5. The van der Waals surface area contributed by atoms with E-state index in [0.717, 1.165) is 17.8 Å². The fourth-order valence-electron chi connectivity index (χ4n) is 1.99. The first-order valence-corrected chi connectivity index (χ1v) is 6.35. The first-order chi connectivity index (χ1) is 10.0. The van der Waals surface area contributed by atoms with Crippen molar-refractivity contribution in [3.63, 3.8) is 0 Å². The van der Waals surface area contributed by atoms with E-state index in [1.54, 1.807) is 43.3 Å². The Morgan fingerprint density at radius 2 is 1.67 bits per heavy atom. The Morgan fingerprint density at radius 3 is 2.19 bits per heavy atom. The number of ether oxygens (including phenoxy) is 1. The molecule has 2 aromatic rings. The summed E-state index contributed by atoms with van der Waals surface area (Å²) in [5, 5.41) is 0. The van der Waals surface area contributed by atoms with E-state index in [-0.39, 0.29) is 6.54 Å². The van der Waals surface area contributed by atoms with Crippen LogP contribution in [-0.4, -0.2) is 26.5 Å². The molecule has 110 valence electrons. The zero-order valence-electron chi connectivity index (χ0n) is 11.8. The lowest BCUT2D eigenvalue weighted by molar-refractivity contribution is 0.0992. The Morgan fingerprint density at radius 1 is 1.10 bits per heavy atom. The first-order valence-electron chi connectivity index (χ1n) is 6.35.